The standard InChI is InChI=1S/C19H14O6/c20-16(12-4-2-1-3-5-12)17(21)13-6-8-14(9-7-13)18(22)25-15-10-11-24-19(15)23/h1-9,15H,10-11H2. The fourth-order valence-corrected chi connectivity index (χ4v) is 2.39. The van der Waals surface area contributed by atoms with Crippen LogP contribution in [0.1, 0.15) is 37.5 Å². The van der Waals surface area contributed by atoms with Gasteiger partial charge in [0.05, 0.1) is 12.2 Å². The summed E-state index contributed by atoms with van der Waals surface area (Å²) >= 11 is 0. The molecule has 0 aromatic heterocycles. The summed E-state index contributed by atoms with van der Waals surface area (Å²) in [4.78, 5) is 47.7. The van der Waals surface area contributed by atoms with Gasteiger partial charge in [0.2, 0.25) is 17.7 Å². The van der Waals surface area contributed by atoms with E-state index in [0.717, 1.165) is 0 Å². The number of carbonyl (C=O) groups is 4. The molecule has 0 spiro atoms. The van der Waals surface area contributed by atoms with Crippen molar-refractivity contribution in [1.82, 2.24) is 0 Å². The summed E-state index contributed by atoms with van der Waals surface area (Å²) in [6.07, 6.45) is -0.569. The molecule has 1 heterocycles. The number of rotatable bonds is 5. The zero-order valence-corrected chi connectivity index (χ0v) is 13.1. The van der Waals surface area contributed by atoms with E-state index in [2.05, 4.69) is 0 Å². The second-order valence-corrected chi connectivity index (χ2v) is 5.45. The number of Topliss-reactive ketones (excluding diaryl/α,β-unsaturated/α-hetero) is 2. The van der Waals surface area contributed by atoms with Gasteiger partial charge in [0.15, 0.2) is 0 Å². The molecule has 1 unspecified atom stereocenters. The fraction of sp³-hybridized carbons (Fsp3) is 0.158. The van der Waals surface area contributed by atoms with E-state index in [4.69, 9.17) is 9.47 Å². The lowest BCUT2D eigenvalue weighted by atomic mass is 10.0. The molecule has 1 fully saturated rings. The van der Waals surface area contributed by atoms with Crippen LogP contribution < -0.4 is 0 Å². The van der Waals surface area contributed by atoms with Crippen LogP contribution in [0.25, 0.3) is 0 Å². The first-order valence-corrected chi connectivity index (χ1v) is 7.68. The second-order valence-electron chi connectivity index (χ2n) is 5.45. The Kier molecular flexibility index (Phi) is 4.70. The molecule has 126 valence electrons. The van der Waals surface area contributed by atoms with Crippen LogP contribution in [0.2, 0.25) is 0 Å². The highest BCUT2D eigenvalue weighted by molar-refractivity contribution is 6.49. The SMILES string of the molecule is O=C(OC1CCOC1=O)c1ccc(C(=O)C(=O)c2ccccc2)cc1. The second kappa shape index (κ2) is 7.09. The van der Waals surface area contributed by atoms with Crippen molar-refractivity contribution in [2.24, 2.45) is 0 Å². The summed E-state index contributed by atoms with van der Waals surface area (Å²) in [5.41, 5.74) is 0.657. The Morgan fingerprint density at radius 2 is 1.40 bits per heavy atom. The van der Waals surface area contributed by atoms with Crippen molar-refractivity contribution >= 4 is 23.5 Å². The zero-order valence-electron chi connectivity index (χ0n) is 13.1. The molecule has 1 saturated heterocycles. The number of ketones is 2. The number of cyclic esters (lactones) is 1. The minimum absolute atomic E-state index is 0.172. The van der Waals surface area contributed by atoms with E-state index in [1.54, 1.807) is 30.3 Å². The van der Waals surface area contributed by atoms with E-state index < -0.39 is 29.6 Å². The third-order valence-corrected chi connectivity index (χ3v) is 3.76. The monoisotopic (exact) mass is 338 g/mol. The lowest BCUT2D eigenvalue weighted by molar-refractivity contribution is -0.145. The van der Waals surface area contributed by atoms with Crippen molar-refractivity contribution in [3.63, 3.8) is 0 Å². The average Bonchev–Trinajstić information content (AvgIpc) is 3.06. The molecule has 1 atom stereocenters. The van der Waals surface area contributed by atoms with Crippen LogP contribution in [0.5, 0.6) is 0 Å². The maximum absolute atomic E-state index is 12.2. The molecule has 25 heavy (non-hydrogen) atoms. The van der Waals surface area contributed by atoms with E-state index in [9.17, 15) is 19.2 Å². The van der Waals surface area contributed by atoms with Crippen molar-refractivity contribution in [2.45, 2.75) is 12.5 Å². The molecule has 0 N–H and O–H groups in total. The van der Waals surface area contributed by atoms with Crippen LogP contribution in [0.4, 0.5) is 0 Å². The molecule has 2 aromatic rings. The summed E-state index contributed by atoms with van der Waals surface area (Å²) in [7, 11) is 0. The third kappa shape index (κ3) is 3.63. The highest BCUT2D eigenvalue weighted by Crippen LogP contribution is 2.15. The lowest BCUT2D eigenvalue weighted by Gasteiger charge is -2.08. The summed E-state index contributed by atoms with van der Waals surface area (Å²) in [6.45, 7) is 0.228. The minimum atomic E-state index is -0.895. The van der Waals surface area contributed by atoms with Crippen LogP contribution in [0, 0.1) is 0 Å². The van der Waals surface area contributed by atoms with E-state index in [0.29, 0.717) is 12.0 Å². The van der Waals surface area contributed by atoms with Crippen molar-refractivity contribution in [2.75, 3.05) is 6.61 Å². The molecule has 0 amide bonds. The largest absolute Gasteiger partial charge is 0.463 e. The maximum atomic E-state index is 12.2. The van der Waals surface area contributed by atoms with Gasteiger partial charge in [-0.2, -0.15) is 0 Å². The van der Waals surface area contributed by atoms with Gasteiger partial charge in [0.1, 0.15) is 0 Å². The van der Waals surface area contributed by atoms with Crippen LogP contribution in [0.15, 0.2) is 54.6 Å². The van der Waals surface area contributed by atoms with Crippen LogP contribution in [0.3, 0.4) is 0 Å². The third-order valence-electron chi connectivity index (χ3n) is 3.76. The molecule has 1 aliphatic heterocycles. The molecule has 0 bridgehead atoms. The number of hydrogen-bond donors (Lipinski definition) is 0. The van der Waals surface area contributed by atoms with E-state index >= 15 is 0 Å². The van der Waals surface area contributed by atoms with Gasteiger partial charge in [0.25, 0.3) is 0 Å². The topological polar surface area (TPSA) is 86.7 Å². The normalized spacial score (nSPS) is 16.2. The fourth-order valence-electron chi connectivity index (χ4n) is 2.39. The molecule has 2 aromatic carbocycles. The molecule has 6 nitrogen and oxygen atoms in total. The van der Waals surface area contributed by atoms with Crippen molar-refractivity contribution in [3.05, 3.63) is 71.3 Å². The number of esters is 2. The van der Waals surface area contributed by atoms with Gasteiger partial charge in [0, 0.05) is 17.5 Å². The van der Waals surface area contributed by atoms with Crippen molar-refractivity contribution in [3.8, 4) is 0 Å². The molecule has 0 radical (unpaired) electrons. The first-order chi connectivity index (χ1) is 12.1. The Bertz CT molecular complexity index is 823. The number of carbonyl (C=O) groups excluding carboxylic acids is 4. The Balaban J connectivity index is 1.69. The van der Waals surface area contributed by atoms with Gasteiger partial charge >= 0.3 is 11.9 Å². The van der Waals surface area contributed by atoms with Crippen LogP contribution in [-0.4, -0.2) is 36.2 Å². The number of hydrogen-bond acceptors (Lipinski definition) is 6. The minimum Gasteiger partial charge on any atom is -0.463 e. The molecular weight excluding hydrogens is 324 g/mol. The van der Waals surface area contributed by atoms with Gasteiger partial charge in [-0.3, -0.25) is 9.59 Å². The molecule has 0 saturated carbocycles. The first-order valence-electron chi connectivity index (χ1n) is 7.68. The van der Waals surface area contributed by atoms with Gasteiger partial charge in [-0.05, 0) is 12.1 Å². The summed E-state index contributed by atoms with van der Waals surface area (Å²) in [5, 5.41) is 0. The molecule has 3 rings (SSSR count). The van der Waals surface area contributed by atoms with E-state index in [1.807, 2.05) is 0 Å². The molecular formula is C19H14O6. The number of ether oxygens (including phenoxy) is 2. The van der Waals surface area contributed by atoms with Gasteiger partial charge in [-0.1, -0.05) is 42.5 Å². The Morgan fingerprint density at radius 3 is 1.96 bits per heavy atom. The lowest BCUT2D eigenvalue weighted by Crippen LogP contribution is -2.22. The van der Waals surface area contributed by atoms with Gasteiger partial charge in [-0.25, -0.2) is 9.59 Å². The molecule has 6 heteroatoms. The zero-order chi connectivity index (χ0) is 17.8. The Hall–Kier alpha value is -3.28. The highest BCUT2D eigenvalue weighted by Gasteiger charge is 2.30. The summed E-state index contributed by atoms with van der Waals surface area (Å²) < 4.78 is 9.78. The summed E-state index contributed by atoms with van der Waals surface area (Å²) in [5.74, 6) is -2.53. The van der Waals surface area contributed by atoms with Gasteiger partial charge < -0.3 is 9.47 Å². The first kappa shape index (κ1) is 16.6. The molecule has 1 aliphatic rings. The van der Waals surface area contributed by atoms with E-state index in [1.165, 1.54) is 24.3 Å². The van der Waals surface area contributed by atoms with Gasteiger partial charge in [-0.15, -0.1) is 0 Å². The smallest absolute Gasteiger partial charge is 0.347 e. The quantitative estimate of drug-likeness (QED) is 0.472. The maximum Gasteiger partial charge on any atom is 0.347 e. The number of benzene rings is 2. The predicted octanol–water partition coefficient (Wildman–Crippen LogP) is 2.22. The molecule has 0 aliphatic carbocycles. The Morgan fingerprint density at radius 1 is 0.840 bits per heavy atom. The van der Waals surface area contributed by atoms with Crippen LogP contribution >= 0.6 is 0 Å². The van der Waals surface area contributed by atoms with Crippen LogP contribution in [-0.2, 0) is 14.3 Å². The van der Waals surface area contributed by atoms with Crippen molar-refractivity contribution < 1.29 is 28.7 Å². The Labute approximate surface area is 143 Å². The van der Waals surface area contributed by atoms with E-state index in [-0.39, 0.29) is 17.7 Å². The summed E-state index contributed by atoms with van der Waals surface area (Å²) in [6, 6.07) is 13.8. The predicted molar refractivity (Wildman–Crippen MR) is 86.3 cm³/mol. The van der Waals surface area contributed by atoms with Crippen molar-refractivity contribution in [1.29, 1.82) is 0 Å². The average molecular weight is 338 g/mol. The highest BCUT2D eigenvalue weighted by atomic mass is 16.6.